The first-order chi connectivity index (χ1) is 11.8. The number of anilines is 1. The number of fused-ring (bicyclic) bond motifs is 1. The number of hydrogen-bond donors (Lipinski definition) is 1. The number of amides is 1. The number of carbonyl (C=O) groups is 2. The zero-order valence-corrected chi connectivity index (χ0v) is 15.5. The second kappa shape index (κ2) is 10.0. The monoisotopic (exact) mass is 411 g/mol. The summed E-state index contributed by atoms with van der Waals surface area (Å²) in [4.78, 5) is 22.2. The zero-order chi connectivity index (χ0) is 19.0. The summed E-state index contributed by atoms with van der Waals surface area (Å²) in [5.74, 6) is -1.28. The highest BCUT2D eigenvalue weighted by Gasteiger charge is 2.23. The van der Waals surface area contributed by atoms with Crippen molar-refractivity contribution in [2.24, 2.45) is 0 Å². The Hall–Kier alpha value is -2.08. The van der Waals surface area contributed by atoms with Gasteiger partial charge < -0.3 is 5.32 Å². The number of alkyl halides is 1. The molecule has 0 aliphatic heterocycles. The summed E-state index contributed by atoms with van der Waals surface area (Å²) in [6.07, 6.45) is 4.33. The van der Waals surface area contributed by atoms with Crippen molar-refractivity contribution in [1.82, 2.24) is 0 Å². The maximum absolute atomic E-state index is 12.2. The van der Waals surface area contributed by atoms with E-state index < -0.39 is 11.7 Å². The van der Waals surface area contributed by atoms with E-state index in [0.717, 1.165) is 42.2 Å². The number of hydrogen-bond acceptors (Lipinski definition) is 2. The van der Waals surface area contributed by atoms with E-state index in [-0.39, 0.29) is 16.2 Å². The van der Waals surface area contributed by atoms with Gasteiger partial charge in [0.25, 0.3) is 0 Å². The van der Waals surface area contributed by atoms with Crippen LogP contribution in [0, 0.1) is 0 Å². The summed E-state index contributed by atoms with van der Waals surface area (Å²) in [7, 11) is 0. The van der Waals surface area contributed by atoms with Crippen molar-refractivity contribution < 1.29 is 18.4 Å². The van der Waals surface area contributed by atoms with Crippen LogP contribution in [-0.4, -0.2) is 17.0 Å². The van der Waals surface area contributed by atoms with Gasteiger partial charge in [-0.3, -0.25) is 9.59 Å². The third-order valence-corrected chi connectivity index (χ3v) is 4.60. The molecule has 1 aromatic rings. The largest absolute Gasteiger partial charge is 0.329 e. The minimum absolute atomic E-state index is 0.0707. The maximum Gasteiger partial charge on any atom is 0.211 e. The summed E-state index contributed by atoms with van der Waals surface area (Å²) in [6.45, 7) is 7.34. The standard InChI is InChI=1S/C12H12BrNO2.C7H8F2/c13-11-3-1-2-8-6-9(14-7-15)4-5-10(8)12(11)16;1-4-7(9)5(2)6(3)8/h4-7,11H,1-3H2,(H,14,15);4H,1,3H2,2H3/b;7-5+. The van der Waals surface area contributed by atoms with Crippen LogP contribution in [-0.2, 0) is 11.2 Å². The van der Waals surface area contributed by atoms with Crippen LogP contribution in [0.4, 0.5) is 14.5 Å². The molecule has 25 heavy (non-hydrogen) atoms. The van der Waals surface area contributed by atoms with Crippen LogP contribution in [0.15, 0.2) is 54.7 Å². The van der Waals surface area contributed by atoms with Crippen molar-refractivity contribution in [3.63, 3.8) is 0 Å². The molecule has 1 amide bonds. The van der Waals surface area contributed by atoms with Gasteiger partial charge in [0.05, 0.1) is 4.83 Å². The molecule has 0 fully saturated rings. The minimum Gasteiger partial charge on any atom is -0.329 e. The average Bonchev–Trinajstić information content (AvgIpc) is 2.73. The Morgan fingerprint density at radius 1 is 1.40 bits per heavy atom. The zero-order valence-electron chi connectivity index (χ0n) is 14.0. The highest BCUT2D eigenvalue weighted by Crippen LogP contribution is 2.26. The SMILES string of the molecule is C=C/C(F)=C(/C)C(=C)F.O=CNc1ccc2c(c1)CCCC(Br)C2=O. The maximum atomic E-state index is 12.2. The van der Waals surface area contributed by atoms with Gasteiger partial charge in [-0.15, -0.1) is 0 Å². The summed E-state index contributed by atoms with van der Waals surface area (Å²) < 4.78 is 24.2. The first-order valence-corrected chi connectivity index (χ1v) is 8.58. The fourth-order valence-corrected chi connectivity index (χ4v) is 2.82. The van der Waals surface area contributed by atoms with Gasteiger partial charge in [-0.05, 0) is 56.0 Å². The van der Waals surface area contributed by atoms with Crippen LogP contribution in [0.1, 0.15) is 35.7 Å². The predicted molar refractivity (Wildman–Crippen MR) is 100 cm³/mol. The molecule has 1 unspecified atom stereocenters. The van der Waals surface area contributed by atoms with E-state index in [1.54, 1.807) is 12.1 Å². The summed E-state index contributed by atoms with van der Waals surface area (Å²) >= 11 is 3.40. The van der Waals surface area contributed by atoms with Crippen molar-refractivity contribution in [3.05, 3.63) is 65.8 Å². The number of benzene rings is 1. The molecule has 2 rings (SSSR count). The Morgan fingerprint density at radius 3 is 2.60 bits per heavy atom. The number of halogens is 3. The molecule has 0 heterocycles. The molecular formula is C19H20BrF2NO2. The number of ketones is 1. The third kappa shape index (κ3) is 6.05. The number of allylic oxidation sites excluding steroid dienone is 4. The van der Waals surface area contributed by atoms with E-state index in [4.69, 9.17) is 0 Å². The van der Waals surface area contributed by atoms with E-state index in [1.807, 2.05) is 6.07 Å². The van der Waals surface area contributed by atoms with Crippen molar-refractivity contribution in [1.29, 1.82) is 0 Å². The Kier molecular flexibility index (Phi) is 8.41. The van der Waals surface area contributed by atoms with Gasteiger partial charge in [0.2, 0.25) is 6.41 Å². The molecule has 1 N–H and O–H groups in total. The number of rotatable bonds is 4. The summed E-state index contributed by atoms with van der Waals surface area (Å²) in [5, 5.41) is 2.60. The molecule has 0 bridgehead atoms. The first kappa shape index (κ1) is 21.0. The Labute approximate surface area is 154 Å². The van der Waals surface area contributed by atoms with Crippen molar-refractivity contribution >= 4 is 33.8 Å². The Bertz CT molecular complexity index is 713. The molecule has 3 nitrogen and oxygen atoms in total. The molecule has 1 aromatic carbocycles. The molecule has 0 saturated carbocycles. The van der Waals surface area contributed by atoms with Crippen LogP contribution in [0.3, 0.4) is 0 Å². The molecule has 1 atom stereocenters. The second-order valence-electron chi connectivity index (χ2n) is 5.44. The van der Waals surface area contributed by atoms with Crippen LogP contribution in [0.25, 0.3) is 0 Å². The van der Waals surface area contributed by atoms with Gasteiger partial charge in [0, 0.05) is 16.8 Å². The predicted octanol–water partition coefficient (Wildman–Crippen LogP) is 5.44. The molecule has 1 aliphatic rings. The molecule has 0 saturated heterocycles. The van der Waals surface area contributed by atoms with Crippen LogP contribution >= 0.6 is 15.9 Å². The highest BCUT2D eigenvalue weighted by atomic mass is 79.9. The number of Topliss-reactive ketones (excluding diaryl/α,β-unsaturated/α-hetero) is 1. The normalized spacial score (nSPS) is 17.1. The lowest BCUT2D eigenvalue weighted by molar-refractivity contribution is -0.105. The van der Waals surface area contributed by atoms with E-state index in [9.17, 15) is 18.4 Å². The molecule has 1 aliphatic carbocycles. The van der Waals surface area contributed by atoms with E-state index in [1.165, 1.54) is 6.92 Å². The average molecular weight is 412 g/mol. The lowest BCUT2D eigenvalue weighted by Crippen LogP contribution is -2.12. The van der Waals surface area contributed by atoms with Gasteiger partial charge in [-0.25, -0.2) is 8.78 Å². The quantitative estimate of drug-likeness (QED) is 0.310. The van der Waals surface area contributed by atoms with Crippen LogP contribution in [0.5, 0.6) is 0 Å². The molecule has 0 aromatic heterocycles. The van der Waals surface area contributed by atoms with E-state index in [0.29, 0.717) is 6.41 Å². The Morgan fingerprint density at radius 2 is 2.08 bits per heavy atom. The molecular weight excluding hydrogens is 392 g/mol. The lowest BCUT2D eigenvalue weighted by Gasteiger charge is -2.08. The minimum atomic E-state index is -0.757. The number of carbonyl (C=O) groups excluding carboxylic acids is 2. The summed E-state index contributed by atoms with van der Waals surface area (Å²) in [5.41, 5.74) is 2.45. The fraction of sp³-hybridized carbons (Fsp3) is 0.263. The molecule has 0 spiro atoms. The smallest absolute Gasteiger partial charge is 0.211 e. The molecule has 6 heteroatoms. The number of nitrogens with one attached hydrogen (secondary N) is 1. The highest BCUT2D eigenvalue weighted by molar-refractivity contribution is 9.10. The van der Waals surface area contributed by atoms with Crippen molar-refractivity contribution in [2.45, 2.75) is 31.0 Å². The summed E-state index contributed by atoms with van der Waals surface area (Å²) in [6, 6.07) is 5.44. The van der Waals surface area contributed by atoms with Crippen molar-refractivity contribution in [3.8, 4) is 0 Å². The van der Waals surface area contributed by atoms with E-state index >= 15 is 0 Å². The third-order valence-electron chi connectivity index (χ3n) is 3.73. The Balaban J connectivity index is 0.000000299. The van der Waals surface area contributed by atoms with Gasteiger partial charge >= 0.3 is 0 Å². The fourth-order valence-electron chi connectivity index (χ4n) is 2.25. The van der Waals surface area contributed by atoms with Gasteiger partial charge in [0.15, 0.2) is 5.78 Å². The second-order valence-corrected chi connectivity index (χ2v) is 6.55. The van der Waals surface area contributed by atoms with Gasteiger partial charge in [-0.1, -0.05) is 29.1 Å². The van der Waals surface area contributed by atoms with Crippen LogP contribution in [0.2, 0.25) is 0 Å². The van der Waals surface area contributed by atoms with Crippen molar-refractivity contribution in [2.75, 3.05) is 5.32 Å². The molecule has 0 radical (unpaired) electrons. The van der Waals surface area contributed by atoms with E-state index in [2.05, 4.69) is 34.4 Å². The topological polar surface area (TPSA) is 46.2 Å². The first-order valence-electron chi connectivity index (χ1n) is 7.66. The van der Waals surface area contributed by atoms with Crippen LogP contribution < -0.4 is 5.32 Å². The van der Waals surface area contributed by atoms with Gasteiger partial charge in [-0.2, -0.15) is 0 Å². The molecule has 134 valence electrons. The van der Waals surface area contributed by atoms with Gasteiger partial charge in [0.1, 0.15) is 11.7 Å². The lowest BCUT2D eigenvalue weighted by atomic mass is 10.0. The number of aryl methyl sites for hydroxylation is 1.